The van der Waals surface area contributed by atoms with Gasteiger partial charge in [0.25, 0.3) is 5.91 Å². The fourth-order valence-electron chi connectivity index (χ4n) is 3.31. The van der Waals surface area contributed by atoms with Crippen LogP contribution in [-0.2, 0) is 13.1 Å². The van der Waals surface area contributed by atoms with E-state index in [1.807, 2.05) is 36.4 Å². The Bertz CT molecular complexity index is 764. The van der Waals surface area contributed by atoms with Crippen molar-refractivity contribution in [3.63, 3.8) is 0 Å². The Morgan fingerprint density at radius 1 is 0.966 bits per heavy atom. The Hall–Kier alpha value is -1.63. The lowest BCUT2D eigenvalue weighted by Crippen LogP contribution is -2.43. The van der Waals surface area contributed by atoms with Gasteiger partial charge >= 0.3 is 0 Å². The third-order valence-corrected chi connectivity index (χ3v) is 4.96. The number of halogens is 2. The molecule has 1 heterocycles. The summed E-state index contributed by atoms with van der Waals surface area (Å²) in [5.41, 5.74) is 3.89. The van der Waals surface area contributed by atoms with Crippen LogP contribution in [0.3, 0.4) is 0 Å². The highest BCUT2D eigenvalue weighted by Crippen LogP contribution is 2.15. The average molecular weight is 439 g/mol. The van der Waals surface area contributed by atoms with Crippen molar-refractivity contribution >= 4 is 36.4 Å². The molecule has 3 rings (SSSR count). The van der Waals surface area contributed by atoms with Gasteiger partial charge in [-0.05, 0) is 49.0 Å². The molecular weight excluding hydrogens is 407 g/mol. The van der Waals surface area contributed by atoms with Crippen molar-refractivity contribution in [1.29, 1.82) is 0 Å². The van der Waals surface area contributed by atoms with Crippen molar-refractivity contribution in [3.8, 4) is 0 Å². The monoisotopic (exact) mass is 438 g/mol. The third-order valence-electron chi connectivity index (χ3n) is 4.96. The summed E-state index contributed by atoms with van der Waals surface area (Å²) in [7, 11) is 2.16. The number of anilines is 1. The second kappa shape index (κ2) is 12.8. The summed E-state index contributed by atoms with van der Waals surface area (Å²) in [6.07, 6.45) is 0. The van der Waals surface area contributed by atoms with Gasteiger partial charge < -0.3 is 15.5 Å². The first-order valence-corrected chi connectivity index (χ1v) is 9.75. The maximum Gasteiger partial charge on any atom is 0.255 e. The standard InChI is InChI=1S/C22H30N4O.2ClH/c1-3-23-16-18-6-5-9-21(15-18)24-22(27)20-8-4-7-19(14-20)17-26-12-10-25(2)11-13-26;;/h4-9,14-15,23H,3,10-13,16-17H2,1-2H3,(H,24,27);2*1H. The smallest absolute Gasteiger partial charge is 0.255 e. The van der Waals surface area contributed by atoms with Gasteiger partial charge in [0, 0.05) is 50.5 Å². The number of benzene rings is 2. The van der Waals surface area contributed by atoms with Gasteiger partial charge in [-0.3, -0.25) is 9.69 Å². The molecule has 0 aromatic heterocycles. The van der Waals surface area contributed by atoms with Gasteiger partial charge in [0.15, 0.2) is 0 Å². The van der Waals surface area contributed by atoms with Gasteiger partial charge in [-0.15, -0.1) is 24.8 Å². The van der Waals surface area contributed by atoms with Gasteiger partial charge in [0.2, 0.25) is 0 Å². The number of piperazine rings is 1. The maximum absolute atomic E-state index is 12.7. The highest BCUT2D eigenvalue weighted by molar-refractivity contribution is 6.04. The predicted octanol–water partition coefficient (Wildman–Crippen LogP) is 3.64. The SMILES string of the molecule is CCNCc1cccc(NC(=O)c2cccc(CN3CCN(C)CC3)c2)c1.Cl.Cl. The van der Waals surface area contributed by atoms with Crippen LogP contribution >= 0.6 is 24.8 Å². The summed E-state index contributed by atoms with van der Waals surface area (Å²) in [5.74, 6) is -0.0594. The molecule has 5 nitrogen and oxygen atoms in total. The van der Waals surface area contributed by atoms with Crippen LogP contribution in [0.25, 0.3) is 0 Å². The average Bonchev–Trinajstić information content (AvgIpc) is 2.69. The first-order valence-electron chi connectivity index (χ1n) is 9.75. The number of hydrogen-bond acceptors (Lipinski definition) is 4. The fourth-order valence-corrected chi connectivity index (χ4v) is 3.31. The molecule has 0 aliphatic carbocycles. The van der Waals surface area contributed by atoms with E-state index < -0.39 is 0 Å². The summed E-state index contributed by atoms with van der Waals surface area (Å²) in [4.78, 5) is 17.5. The van der Waals surface area contributed by atoms with E-state index in [1.165, 1.54) is 11.1 Å². The summed E-state index contributed by atoms with van der Waals surface area (Å²) in [6, 6.07) is 16.0. The van der Waals surface area contributed by atoms with Crippen LogP contribution in [0.2, 0.25) is 0 Å². The molecule has 29 heavy (non-hydrogen) atoms. The molecular formula is C22H32Cl2N4O. The first-order chi connectivity index (χ1) is 13.1. The van der Waals surface area contributed by atoms with Crippen molar-refractivity contribution in [2.45, 2.75) is 20.0 Å². The second-order valence-electron chi connectivity index (χ2n) is 7.21. The van der Waals surface area contributed by atoms with E-state index in [2.05, 4.69) is 46.5 Å². The molecule has 0 saturated carbocycles. The molecule has 0 unspecified atom stereocenters. The van der Waals surface area contributed by atoms with Crippen LogP contribution in [0.15, 0.2) is 48.5 Å². The van der Waals surface area contributed by atoms with Crippen LogP contribution in [0.1, 0.15) is 28.4 Å². The molecule has 1 saturated heterocycles. The lowest BCUT2D eigenvalue weighted by molar-refractivity contribution is 0.102. The predicted molar refractivity (Wildman–Crippen MR) is 125 cm³/mol. The van der Waals surface area contributed by atoms with Crippen LogP contribution in [0, 0.1) is 0 Å². The number of nitrogens with zero attached hydrogens (tertiary/aromatic N) is 2. The molecule has 2 aromatic rings. The molecule has 2 aromatic carbocycles. The Balaban J connectivity index is 0.00000210. The highest BCUT2D eigenvalue weighted by Gasteiger charge is 2.14. The largest absolute Gasteiger partial charge is 0.322 e. The summed E-state index contributed by atoms with van der Waals surface area (Å²) < 4.78 is 0. The molecule has 7 heteroatoms. The lowest BCUT2D eigenvalue weighted by atomic mass is 10.1. The topological polar surface area (TPSA) is 47.6 Å². The van der Waals surface area contributed by atoms with Gasteiger partial charge in [0.05, 0.1) is 0 Å². The zero-order valence-electron chi connectivity index (χ0n) is 17.2. The van der Waals surface area contributed by atoms with Crippen molar-refractivity contribution in [3.05, 3.63) is 65.2 Å². The molecule has 160 valence electrons. The molecule has 1 amide bonds. The van der Waals surface area contributed by atoms with Gasteiger partial charge in [-0.1, -0.05) is 31.2 Å². The Labute approximate surface area is 186 Å². The molecule has 2 N–H and O–H groups in total. The number of amides is 1. The van der Waals surface area contributed by atoms with Crippen molar-refractivity contribution < 1.29 is 4.79 Å². The Morgan fingerprint density at radius 3 is 2.38 bits per heavy atom. The van der Waals surface area contributed by atoms with Gasteiger partial charge in [0.1, 0.15) is 0 Å². The minimum atomic E-state index is -0.0594. The lowest BCUT2D eigenvalue weighted by Gasteiger charge is -2.32. The molecule has 1 aliphatic rings. The zero-order chi connectivity index (χ0) is 19.1. The van der Waals surface area contributed by atoms with E-state index in [0.717, 1.165) is 51.5 Å². The zero-order valence-corrected chi connectivity index (χ0v) is 18.8. The van der Waals surface area contributed by atoms with E-state index in [4.69, 9.17) is 0 Å². The quantitative estimate of drug-likeness (QED) is 0.692. The van der Waals surface area contributed by atoms with E-state index >= 15 is 0 Å². The number of carbonyl (C=O) groups is 1. The number of nitrogens with one attached hydrogen (secondary N) is 2. The van der Waals surface area contributed by atoms with E-state index in [-0.39, 0.29) is 30.7 Å². The van der Waals surface area contributed by atoms with Gasteiger partial charge in [-0.2, -0.15) is 0 Å². The first kappa shape index (κ1) is 25.4. The van der Waals surface area contributed by atoms with Crippen LogP contribution in [0.4, 0.5) is 5.69 Å². The fraction of sp³-hybridized carbons (Fsp3) is 0.409. The minimum Gasteiger partial charge on any atom is -0.322 e. The van der Waals surface area contributed by atoms with E-state index in [0.29, 0.717) is 5.56 Å². The Kier molecular flexibility index (Phi) is 11.2. The molecule has 1 fully saturated rings. The molecule has 0 bridgehead atoms. The third kappa shape index (κ3) is 7.96. The van der Waals surface area contributed by atoms with E-state index in [1.54, 1.807) is 0 Å². The normalized spacial score (nSPS) is 14.6. The van der Waals surface area contributed by atoms with Gasteiger partial charge in [-0.25, -0.2) is 0 Å². The van der Waals surface area contributed by atoms with Crippen molar-refractivity contribution in [2.75, 3.05) is 45.1 Å². The second-order valence-corrected chi connectivity index (χ2v) is 7.21. The molecule has 0 radical (unpaired) electrons. The number of likely N-dealkylation sites (N-methyl/N-ethyl adjacent to an activating group) is 1. The molecule has 0 atom stereocenters. The van der Waals surface area contributed by atoms with Crippen LogP contribution < -0.4 is 10.6 Å². The minimum absolute atomic E-state index is 0. The summed E-state index contributed by atoms with van der Waals surface area (Å²) >= 11 is 0. The van der Waals surface area contributed by atoms with Crippen LogP contribution in [0.5, 0.6) is 0 Å². The van der Waals surface area contributed by atoms with Crippen molar-refractivity contribution in [1.82, 2.24) is 15.1 Å². The number of rotatable bonds is 7. The number of hydrogen-bond donors (Lipinski definition) is 2. The highest BCUT2D eigenvalue weighted by atomic mass is 35.5. The molecule has 1 aliphatic heterocycles. The van der Waals surface area contributed by atoms with Crippen LogP contribution in [-0.4, -0.2) is 55.5 Å². The maximum atomic E-state index is 12.7. The Morgan fingerprint density at radius 2 is 1.66 bits per heavy atom. The number of carbonyl (C=O) groups excluding carboxylic acids is 1. The summed E-state index contributed by atoms with van der Waals surface area (Å²) in [6.45, 7) is 9.06. The van der Waals surface area contributed by atoms with Crippen molar-refractivity contribution in [2.24, 2.45) is 0 Å². The summed E-state index contributed by atoms with van der Waals surface area (Å²) in [5, 5.41) is 6.33. The van der Waals surface area contributed by atoms with E-state index in [9.17, 15) is 4.79 Å². The molecule has 0 spiro atoms.